The van der Waals surface area contributed by atoms with E-state index >= 15 is 0 Å². The minimum Gasteiger partial charge on any atom is -0.458 e. The van der Waals surface area contributed by atoms with E-state index in [9.17, 15) is 9.59 Å². The van der Waals surface area contributed by atoms with E-state index in [1.165, 1.54) is 11.3 Å². The van der Waals surface area contributed by atoms with Gasteiger partial charge < -0.3 is 14.6 Å². The smallest absolute Gasteiger partial charge is 0.340 e. The Labute approximate surface area is 192 Å². The second kappa shape index (κ2) is 10.7. The standard InChI is InChI=1S/C24H30N4O3S/c1-6-28(7-2)13-16(5)31-24(30)19-12-18(22(29)27-21(19)15(3)4)20-14-32-23(26-20)17-8-10-25-11-9-17/h8-12,14-16H,6-7,13H2,1-5H3,(H,27,29). The van der Waals surface area contributed by atoms with Crippen LogP contribution in [0.3, 0.4) is 0 Å². The van der Waals surface area contributed by atoms with Crippen molar-refractivity contribution in [3.63, 3.8) is 0 Å². The number of pyridine rings is 2. The normalized spacial score (nSPS) is 12.3. The molecule has 32 heavy (non-hydrogen) atoms. The van der Waals surface area contributed by atoms with Crippen molar-refractivity contribution in [2.24, 2.45) is 0 Å². The second-order valence-corrected chi connectivity index (χ2v) is 8.83. The summed E-state index contributed by atoms with van der Waals surface area (Å²) in [6.45, 7) is 12.4. The Bertz CT molecular complexity index is 1100. The Morgan fingerprint density at radius 1 is 1.19 bits per heavy atom. The molecule has 0 aliphatic heterocycles. The number of H-pyrrole nitrogens is 1. The van der Waals surface area contributed by atoms with Crippen LogP contribution < -0.4 is 5.56 Å². The Morgan fingerprint density at radius 3 is 2.50 bits per heavy atom. The predicted molar refractivity (Wildman–Crippen MR) is 128 cm³/mol. The fourth-order valence-corrected chi connectivity index (χ4v) is 4.34. The summed E-state index contributed by atoms with van der Waals surface area (Å²) in [5.74, 6) is -0.476. The first-order valence-corrected chi connectivity index (χ1v) is 11.8. The van der Waals surface area contributed by atoms with Crippen LogP contribution in [-0.4, -0.2) is 51.6 Å². The van der Waals surface area contributed by atoms with Gasteiger partial charge in [0.15, 0.2) is 0 Å². The summed E-state index contributed by atoms with van der Waals surface area (Å²) in [7, 11) is 0. The van der Waals surface area contributed by atoms with Crippen LogP contribution in [0.1, 0.15) is 56.6 Å². The number of carbonyl (C=O) groups excluding carboxylic acids is 1. The van der Waals surface area contributed by atoms with E-state index in [0.29, 0.717) is 29.1 Å². The number of hydrogen-bond donors (Lipinski definition) is 1. The van der Waals surface area contributed by atoms with E-state index in [-0.39, 0.29) is 17.6 Å². The molecule has 7 nitrogen and oxygen atoms in total. The highest BCUT2D eigenvalue weighted by Gasteiger charge is 2.22. The average Bonchev–Trinajstić information content (AvgIpc) is 3.27. The highest BCUT2D eigenvalue weighted by atomic mass is 32.1. The summed E-state index contributed by atoms with van der Waals surface area (Å²) in [4.78, 5) is 39.7. The van der Waals surface area contributed by atoms with Crippen molar-refractivity contribution in [1.82, 2.24) is 19.9 Å². The van der Waals surface area contributed by atoms with E-state index in [2.05, 4.69) is 33.7 Å². The number of aromatic amines is 1. The van der Waals surface area contributed by atoms with Gasteiger partial charge in [0.1, 0.15) is 11.1 Å². The maximum Gasteiger partial charge on any atom is 0.340 e. The summed E-state index contributed by atoms with van der Waals surface area (Å²) in [5.41, 5.74) is 2.49. The van der Waals surface area contributed by atoms with Crippen LogP contribution in [0.15, 0.2) is 40.8 Å². The second-order valence-electron chi connectivity index (χ2n) is 7.97. The number of likely N-dealkylation sites (N-methyl/N-ethyl adjacent to an activating group) is 1. The monoisotopic (exact) mass is 454 g/mol. The minimum atomic E-state index is -0.435. The molecular formula is C24H30N4O3S. The SMILES string of the molecule is CCN(CC)CC(C)OC(=O)c1cc(-c2csc(-c3ccncc3)n2)c(=O)[nH]c1C(C)C. The Hall–Kier alpha value is -2.84. The van der Waals surface area contributed by atoms with Crippen molar-refractivity contribution in [3.05, 3.63) is 57.6 Å². The number of carbonyl (C=O) groups is 1. The van der Waals surface area contributed by atoms with E-state index in [0.717, 1.165) is 23.7 Å². The molecule has 0 saturated heterocycles. The van der Waals surface area contributed by atoms with Crippen molar-refractivity contribution in [2.45, 2.75) is 46.6 Å². The summed E-state index contributed by atoms with van der Waals surface area (Å²) in [6, 6.07) is 5.36. The van der Waals surface area contributed by atoms with Gasteiger partial charge in [-0.3, -0.25) is 9.78 Å². The van der Waals surface area contributed by atoms with Crippen LogP contribution in [0.2, 0.25) is 0 Å². The lowest BCUT2D eigenvalue weighted by atomic mass is 10.0. The lowest BCUT2D eigenvalue weighted by Crippen LogP contribution is -2.33. The molecule has 0 aliphatic rings. The van der Waals surface area contributed by atoms with Gasteiger partial charge in [0.2, 0.25) is 0 Å². The molecule has 3 aromatic rings. The molecular weight excluding hydrogens is 424 g/mol. The molecule has 1 N–H and O–H groups in total. The molecule has 1 unspecified atom stereocenters. The fraction of sp³-hybridized carbons (Fsp3) is 0.417. The van der Waals surface area contributed by atoms with E-state index < -0.39 is 5.97 Å². The zero-order chi connectivity index (χ0) is 23.3. The number of aromatic nitrogens is 3. The number of ether oxygens (including phenoxy) is 1. The Morgan fingerprint density at radius 2 is 1.88 bits per heavy atom. The summed E-state index contributed by atoms with van der Waals surface area (Å²) < 4.78 is 5.74. The van der Waals surface area contributed by atoms with Crippen LogP contribution >= 0.6 is 11.3 Å². The van der Waals surface area contributed by atoms with Crippen molar-refractivity contribution >= 4 is 17.3 Å². The summed E-state index contributed by atoms with van der Waals surface area (Å²) in [5, 5.41) is 2.61. The number of esters is 1. The van der Waals surface area contributed by atoms with E-state index in [1.54, 1.807) is 18.5 Å². The van der Waals surface area contributed by atoms with Gasteiger partial charge in [0.25, 0.3) is 5.56 Å². The molecule has 0 spiro atoms. The minimum absolute atomic E-state index is 0.0415. The predicted octanol–water partition coefficient (Wildman–Crippen LogP) is 4.57. The highest BCUT2D eigenvalue weighted by Crippen LogP contribution is 2.28. The lowest BCUT2D eigenvalue weighted by molar-refractivity contribution is 0.0258. The molecule has 3 aromatic heterocycles. The zero-order valence-corrected chi connectivity index (χ0v) is 20.0. The third-order valence-corrected chi connectivity index (χ3v) is 6.19. The number of nitrogens with one attached hydrogen (secondary N) is 1. The molecule has 0 aromatic carbocycles. The third-order valence-electron chi connectivity index (χ3n) is 5.29. The van der Waals surface area contributed by atoms with Crippen molar-refractivity contribution in [1.29, 1.82) is 0 Å². The van der Waals surface area contributed by atoms with Gasteiger partial charge in [-0.1, -0.05) is 27.7 Å². The average molecular weight is 455 g/mol. The molecule has 0 amide bonds. The molecule has 1 atom stereocenters. The fourth-order valence-electron chi connectivity index (χ4n) is 3.51. The van der Waals surface area contributed by atoms with Crippen LogP contribution in [0, 0.1) is 0 Å². The Balaban J connectivity index is 1.93. The first-order chi connectivity index (χ1) is 15.3. The number of thiazole rings is 1. The summed E-state index contributed by atoms with van der Waals surface area (Å²) >= 11 is 1.44. The molecule has 0 radical (unpaired) electrons. The van der Waals surface area contributed by atoms with Crippen molar-refractivity contribution in [2.75, 3.05) is 19.6 Å². The number of hydrogen-bond acceptors (Lipinski definition) is 7. The molecule has 0 aliphatic carbocycles. The van der Waals surface area contributed by atoms with Gasteiger partial charge in [-0.15, -0.1) is 11.3 Å². The largest absolute Gasteiger partial charge is 0.458 e. The topological polar surface area (TPSA) is 88.2 Å². The van der Waals surface area contributed by atoms with Crippen LogP contribution in [-0.2, 0) is 4.74 Å². The maximum atomic E-state index is 13.1. The van der Waals surface area contributed by atoms with Gasteiger partial charge in [0.05, 0.1) is 16.8 Å². The third kappa shape index (κ3) is 5.49. The van der Waals surface area contributed by atoms with E-state index in [4.69, 9.17) is 4.74 Å². The molecule has 3 heterocycles. The van der Waals surface area contributed by atoms with Crippen LogP contribution in [0.4, 0.5) is 0 Å². The molecule has 8 heteroatoms. The quantitative estimate of drug-likeness (QED) is 0.477. The van der Waals surface area contributed by atoms with Gasteiger partial charge in [-0.05, 0) is 44.1 Å². The Kier molecular flexibility index (Phi) is 7.93. The van der Waals surface area contributed by atoms with Crippen molar-refractivity contribution in [3.8, 4) is 21.8 Å². The molecule has 0 saturated carbocycles. The number of nitrogens with zero attached hydrogens (tertiary/aromatic N) is 3. The van der Waals surface area contributed by atoms with Crippen LogP contribution in [0.25, 0.3) is 21.8 Å². The highest BCUT2D eigenvalue weighted by molar-refractivity contribution is 7.13. The molecule has 0 fully saturated rings. The van der Waals surface area contributed by atoms with Crippen LogP contribution in [0.5, 0.6) is 0 Å². The molecule has 0 bridgehead atoms. The summed E-state index contributed by atoms with van der Waals surface area (Å²) in [6.07, 6.45) is 3.14. The van der Waals surface area contributed by atoms with Gasteiger partial charge in [0, 0.05) is 35.6 Å². The van der Waals surface area contributed by atoms with Crippen molar-refractivity contribution < 1.29 is 9.53 Å². The first kappa shape index (κ1) is 23.8. The van der Waals surface area contributed by atoms with Gasteiger partial charge >= 0.3 is 5.97 Å². The van der Waals surface area contributed by atoms with Gasteiger partial charge in [-0.25, -0.2) is 9.78 Å². The zero-order valence-electron chi connectivity index (χ0n) is 19.2. The van der Waals surface area contributed by atoms with Gasteiger partial charge in [-0.2, -0.15) is 0 Å². The first-order valence-electron chi connectivity index (χ1n) is 10.9. The molecule has 170 valence electrons. The maximum absolute atomic E-state index is 13.1. The lowest BCUT2D eigenvalue weighted by Gasteiger charge is -2.23. The van der Waals surface area contributed by atoms with E-state index in [1.807, 2.05) is 38.3 Å². The number of rotatable bonds is 9. The molecule has 3 rings (SSSR count).